The molecule has 0 aliphatic heterocycles. The van der Waals surface area contributed by atoms with E-state index in [1.54, 1.807) is 19.3 Å². The Morgan fingerprint density at radius 1 is 1.46 bits per heavy atom. The summed E-state index contributed by atoms with van der Waals surface area (Å²) < 4.78 is 0. The first-order valence-electron chi connectivity index (χ1n) is 4.35. The Kier molecular flexibility index (Phi) is 3.43. The van der Waals surface area contributed by atoms with Crippen molar-refractivity contribution in [1.82, 2.24) is 9.88 Å². The molecule has 0 saturated heterocycles. The van der Waals surface area contributed by atoms with Gasteiger partial charge in [0.25, 0.3) is 0 Å². The molecule has 13 heavy (non-hydrogen) atoms. The molecule has 0 spiro atoms. The van der Waals surface area contributed by atoms with Crippen LogP contribution in [0.1, 0.15) is 12.5 Å². The van der Waals surface area contributed by atoms with E-state index in [9.17, 15) is 0 Å². The maximum atomic E-state index is 7.38. The molecule has 3 nitrogen and oxygen atoms in total. The van der Waals surface area contributed by atoms with Crippen LogP contribution in [-0.2, 0) is 6.42 Å². The fraction of sp³-hybridized carbons (Fsp3) is 0.400. The molecule has 1 N–H and O–H groups in total. The predicted octanol–water partition coefficient (Wildman–Crippen LogP) is 1.55. The van der Waals surface area contributed by atoms with Crippen molar-refractivity contribution in [3.8, 4) is 0 Å². The number of amidine groups is 1. The molecule has 0 unspecified atom stereocenters. The fourth-order valence-electron chi connectivity index (χ4n) is 1.01. The van der Waals surface area contributed by atoms with Crippen molar-refractivity contribution in [2.45, 2.75) is 13.3 Å². The van der Waals surface area contributed by atoms with E-state index in [0.717, 1.165) is 13.0 Å². The largest absolute Gasteiger partial charge is 0.364 e. The second-order valence-electron chi connectivity index (χ2n) is 3.11. The molecule has 0 bridgehead atoms. The first kappa shape index (κ1) is 9.71. The smallest absolute Gasteiger partial charge is 0.0923 e. The minimum Gasteiger partial charge on any atom is -0.364 e. The predicted molar refractivity (Wildman–Crippen MR) is 54.0 cm³/mol. The first-order chi connectivity index (χ1) is 6.20. The van der Waals surface area contributed by atoms with Crippen molar-refractivity contribution in [2.24, 2.45) is 0 Å². The summed E-state index contributed by atoms with van der Waals surface area (Å²) in [5.41, 5.74) is 1.27. The SMILES string of the molecule is CC(=N)N(C)CCc1ccncc1. The molecular weight excluding hydrogens is 162 g/mol. The molecule has 0 amide bonds. The van der Waals surface area contributed by atoms with E-state index in [1.165, 1.54) is 5.56 Å². The van der Waals surface area contributed by atoms with Gasteiger partial charge in [-0.3, -0.25) is 10.4 Å². The number of hydrogen-bond donors (Lipinski definition) is 1. The monoisotopic (exact) mass is 177 g/mol. The molecule has 1 aromatic heterocycles. The normalized spacial score (nSPS) is 9.69. The van der Waals surface area contributed by atoms with Crippen molar-refractivity contribution in [1.29, 1.82) is 5.41 Å². The van der Waals surface area contributed by atoms with Crippen molar-refractivity contribution in [2.75, 3.05) is 13.6 Å². The van der Waals surface area contributed by atoms with Gasteiger partial charge in [0.15, 0.2) is 0 Å². The van der Waals surface area contributed by atoms with Gasteiger partial charge in [-0.1, -0.05) is 0 Å². The standard InChI is InChI=1S/C10H15N3/c1-9(11)13(2)8-5-10-3-6-12-7-4-10/h3-4,6-7,11H,5,8H2,1-2H3. The quantitative estimate of drug-likeness (QED) is 0.562. The van der Waals surface area contributed by atoms with Crippen LogP contribution in [0.4, 0.5) is 0 Å². The Balaban J connectivity index is 2.39. The van der Waals surface area contributed by atoms with E-state index < -0.39 is 0 Å². The third-order valence-corrected chi connectivity index (χ3v) is 2.06. The van der Waals surface area contributed by atoms with Crippen LogP contribution in [0.25, 0.3) is 0 Å². The zero-order chi connectivity index (χ0) is 9.68. The van der Waals surface area contributed by atoms with E-state index in [-0.39, 0.29) is 0 Å². The van der Waals surface area contributed by atoms with Crippen molar-refractivity contribution in [3.63, 3.8) is 0 Å². The van der Waals surface area contributed by atoms with Gasteiger partial charge >= 0.3 is 0 Å². The van der Waals surface area contributed by atoms with Crippen molar-refractivity contribution < 1.29 is 0 Å². The minimum absolute atomic E-state index is 0.606. The molecule has 0 atom stereocenters. The maximum Gasteiger partial charge on any atom is 0.0923 e. The summed E-state index contributed by atoms with van der Waals surface area (Å²) in [6.45, 7) is 2.69. The number of aromatic nitrogens is 1. The van der Waals surface area contributed by atoms with Gasteiger partial charge in [-0.15, -0.1) is 0 Å². The number of pyridine rings is 1. The molecule has 0 radical (unpaired) electrons. The van der Waals surface area contributed by atoms with Gasteiger partial charge in [0.1, 0.15) is 0 Å². The van der Waals surface area contributed by atoms with Gasteiger partial charge < -0.3 is 4.90 Å². The van der Waals surface area contributed by atoms with E-state index in [2.05, 4.69) is 4.98 Å². The minimum atomic E-state index is 0.606. The van der Waals surface area contributed by atoms with Crippen molar-refractivity contribution >= 4 is 5.84 Å². The third-order valence-electron chi connectivity index (χ3n) is 2.06. The zero-order valence-electron chi connectivity index (χ0n) is 8.12. The highest BCUT2D eigenvalue weighted by molar-refractivity contribution is 5.75. The maximum absolute atomic E-state index is 7.38. The average molecular weight is 177 g/mol. The summed E-state index contributed by atoms with van der Waals surface area (Å²) in [7, 11) is 1.93. The van der Waals surface area contributed by atoms with Crippen LogP contribution in [0, 0.1) is 5.41 Å². The Labute approximate surface area is 78.9 Å². The summed E-state index contributed by atoms with van der Waals surface area (Å²) >= 11 is 0. The molecule has 1 heterocycles. The Morgan fingerprint density at radius 2 is 2.08 bits per heavy atom. The topological polar surface area (TPSA) is 40.0 Å². The molecule has 1 aromatic rings. The molecule has 0 saturated carbocycles. The Hall–Kier alpha value is -1.38. The van der Waals surface area contributed by atoms with E-state index in [1.807, 2.05) is 24.1 Å². The summed E-state index contributed by atoms with van der Waals surface area (Å²) in [6, 6.07) is 4.01. The number of hydrogen-bond acceptors (Lipinski definition) is 2. The number of rotatable bonds is 3. The molecule has 0 aliphatic carbocycles. The Morgan fingerprint density at radius 3 is 2.62 bits per heavy atom. The zero-order valence-corrected chi connectivity index (χ0v) is 8.12. The average Bonchev–Trinajstić information content (AvgIpc) is 2.15. The summed E-state index contributed by atoms with van der Waals surface area (Å²) in [4.78, 5) is 5.88. The van der Waals surface area contributed by atoms with E-state index in [0.29, 0.717) is 5.84 Å². The second kappa shape index (κ2) is 4.60. The van der Waals surface area contributed by atoms with E-state index in [4.69, 9.17) is 5.41 Å². The van der Waals surface area contributed by atoms with Gasteiger partial charge in [-0.2, -0.15) is 0 Å². The molecule has 1 rings (SSSR count). The molecule has 0 aliphatic rings. The van der Waals surface area contributed by atoms with Gasteiger partial charge in [0, 0.05) is 26.0 Å². The fourth-order valence-corrected chi connectivity index (χ4v) is 1.01. The molecule has 3 heteroatoms. The number of nitrogens with one attached hydrogen (secondary N) is 1. The first-order valence-corrected chi connectivity index (χ1v) is 4.35. The lowest BCUT2D eigenvalue weighted by atomic mass is 10.2. The van der Waals surface area contributed by atoms with Crippen LogP contribution in [0.5, 0.6) is 0 Å². The lowest BCUT2D eigenvalue weighted by Gasteiger charge is -2.16. The second-order valence-corrected chi connectivity index (χ2v) is 3.11. The molecular formula is C10H15N3. The van der Waals surface area contributed by atoms with Crippen LogP contribution in [0.15, 0.2) is 24.5 Å². The highest BCUT2D eigenvalue weighted by Crippen LogP contribution is 1.98. The summed E-state index contributed by atoms with van der Waals surface area (Å²) in [5.74, 6) is 0.606. The van der Waals surface area contributed by atoms with Crippen molar-refractivity contribution in [3.05, 3.63) is 30.1 Å². The molecule has 0 fully saturated rings. The number of nitrogens with zero attached hydrogens (tertiary/aromatic N) is 2. The van der Waals surface area contributed by atoms with Crippen LogP contribution in [-0.4, -0.2) is 29.3 Å². The molecule has 0 aromatic carbocycles. The van der Waals surface area contributed by atoms with Gasteiger partial charge in [-0.25, -0.2) is 0 Å². The highest BCUT2D eigenvalue weighted by atomic mass is 15.1. The lowest BCUT2D eigenvalue weighted by molar-refractivity contribution is 0.502. The Bertz CT molecular complexity index is 269. The van der Waals surface area contributed by atoms with Crippen LogP contribution >= 0.6 is 0 Å². The van der Waals surface area contributed by atoms with E-state index >= 15 is 0 Å². The highest BCUT2D eigenvalue weighted by Gasteiger charge is 1.98. The van der Waals surface area contributed by atoms with Gasteiger partial charge in [0.05, 0.1) is 5.84 Å². The lowest BCUT2D eigenvalue weighted by Crippen LogP contribution is -2.25. The van der Waals surface area contributed by atoms with Crippen LogP contribution in [0.2, 0.25) is 0 Å². The van der Waals surface area contributed by atoms with Crippen LogP contribution in [0.3, 0.4) is 0 Å². The van der Waals surface area contributed by atoms with Gasteiger partial charge in [0.2, 0.25) is 0 Å². The summed E-state index contributed by atoms with van der Waals surface area (Å²) in [6.07, 6.45) is 4.56. The van der Waals surface area contributed by atoms with Gasteiger partial charge in [-0.05, 0) is 31.0 Å². The summed E-state index contributed by atoms with van der Waals surface area (Å²) in [5, 5.41) is 7.38. The number of likely N-dealkylation sites (N-methyl/N-ethyl adjacent to an activating group) is 1. The third kappa shape index (κ3) is 3.23. The molecule has 70 valence electrons. The van der Waals surface area contributed by atoms with Crippen LogP contribution < -0.4 is 0 Å².